The molecule has 31 heavy (non-hydrogen) atoms. The van der Waals surface area contributed by atoms with Gasteiger partial charge < -0.3 is 24.4 Å². The molecular weight excluding hydrogens is 422 g/mol. The van der Waals surface area contributed by atoms with Crippen LogP contribution in [-0.2, 0) is 16.0 Å². The summed E-state index contributed by atoms with van der Waals surface area (Å²) in [6.45, 7) is 9.90. The van der Waals surface area contributed by atoms with Gasteiger partial charge in [-0.3, -0.25) is 4.79 Å². The van der Waals surface area contributed by atoms with Crippen molar-refractivity contribution in [2.24, 2.45) is 0 Å². The SMILES string of the molecule is Cc1noc(Cl)c1CCC(=O)Nc1ccc(N2CCN(C(=O)OC(C)(C)C)CC2)cn1. The average Bonchev–Trinajstić information content (AvgIpc) is 3.03. The fourth-order valence-corrected chi connectivity index (χ4v) is 3.47. The molecule has 3 rings (SSSR count). The summed E-state index contributed by atoms with van der Waals surface area (Å²) >= 11 is 5.93. The van der Waals surface area contributed by atoms with Gasteiger partial charge in [0.1, 0.15) is 11.4 Å². The van der Waals surface area contributed by atoms with Crippen molar-refractivity contribution in [2.45, 2.75) is 46.1 Å². The van der Waals surface area contributed by atoms with Gasteiger partial charge in [-0.05, 0) is 57.8 Å². The maximum atomic E-state index is 12.2. The number of aromatic nitrogens is 2. The lowest BCUT2D eigenvalue weighted by Gasteiger charge is -2.36. The molecule has 1 aliphatic rings. The number of carbonyl (C=O) groups is 2. The van der Waals surface area contributed by atoms with E-state index in [0.717, 1.165) is 11.3 Å². The van der Waals surface area contributed by atoms with Crippen molar-refractivity contribution in [3.05, 3.63) is 34.8 Å². The van der Waals surface area contributed by atoms with E-state index >= 15 is 0 Å². The fourth-order valence-electron chi connectivity index (χ4n) is 3.20. The zero-order chi connectivity index (χ0) is 22.6. The third-order valence-electron chi connectivity index (χ3n) is 4.85. The van der Waals surface area contributed by atoms with Crippen LogP contribution in [0.15, 0.2) is 22.9 Å². The third-order valence-corrected chi connectivity index (χ3v) is 5.15. The Morgan fingerprint density at radius 2 is 1.94 bits per heavy atom. The number of rotatable bonds is 5. The molecule has 1 saturated heterocycles. The van der Waals surface area contributed by atoms with Crippen LogP contribution in [0.3, 0.4) is 0 Å². The van der Waals surface area contributed by atoms with Crippen molar-refractivity contribution < 1.29 is 18.8 Å². The molecule has 9 nitrogen and oxygen atoms in total. The second-order valence-corrected chi connectivity index (χ2v) is 8.77. The molecule has 0 atom stereocenters. The van der Waals surface area contributed by atoms with Crippen molar-refractivity contribution in [3.8, 4) is 0 Å². The lowest BCUT2D eigenvalue weighted by molar-refractivity contribution is -0.116. The van der Waals surface area contributed by atoms with Crippen molar-refractivity contribution in [1.82, 2.24) is 15.0 Å². The summed E-state index contributed by atoms with van der Waals surface area (Å²) in [4.78, 5) is 32.6. The van der Waals surface area contributed by atoms with Crippen LogP contribution in [0.2, 0.25) is 5.22 Å². The molecule has 1 aliphatic heterocycles. The zero-order valence-electron chi connectivity index (χ0n) is 18.3. The Morgan fingerprint density at radius 1 is 1.23 bits per heavy atom. The number of carbonyl (C=O) groups excluding carboxylic acids is 2. The standard InChI is InChI=1S/C21H28ClN5O4/c1-14-16(19(22)31-25-14)6-8-18(28)24-17-7-5-15(13-23-17)26-9-11-27(12-10-26)20(29)30-21(2,3)4/h5,7,13H,6,8-12H2,1-4H3,(H,23,24,28). The molecule has 2 aromatic heterocycles. The van der Waals surface area contributed by atoms with Crippen LogP contribution in [0.25, 0.3) is 0 Å². The maximum Gasteiger partial charge on any atom is 0.410 e. The summed E-state index contributed by atoms with van der Waals surface area (Å²) in [5, 5.41) is 6.78. The topological polar surface area (TPSA) is 101 Å². The second kappa shape index (κ2) is 9.55. The third kappa shape index (κ3) is 6.33. The molecule has 3 heterocycles. The fraction of sp³-hybridized carbons (Fsp3) is 0.524. The van der Waals surface area contributed by atoms with Gasteiger partial charge in [0.25, 0.3) is 0 Å². The van der Waals surface area contributed by atoms with Crippen LogP contribution in [-0.4, -0.2) is 58.8 Å². The highest BCUT2D eigenvalue weighted by atomic mass is 35.5. The van der Waals surface area contributed by atoms with E-state index in [1.165, 1.54) is 0 Å². The number of pyridine rings is 1. The Kier molecular flexibility index (Phi) is 7.04. The molecule has 2 aromatic rings. The minimum absolute atomic E-state index is 0.164. The van der Waals surface area contributed by atoms with Crippen molar-refractivity contribution in [1.29, 1.82) is 0 Å². The van der Waals surface area contributed by atoms with E-state index in [1.807, 2.05) is 26.8 Å². The molecule has 0 saturated carbocycles. The Hall–Kier alpha value is -2.81. The number of ether oxygens (including phenoxy) is 1. The number of halogens is 1. The van der Waals surface area contributed by atoms with Gasteiger partial charge in [0.2, 0.25) is 11.1 Å². The van der Waals surface area contributed by atoms with E-state index in [0.29, 0.717) is 44.1 Å². The molecule has 0 bridgehead atoms. The van der Waals surface area contributed by atoms with Crippen molar-refractivity contribution in [2.75, 3.05) is 36.4 Å². The second-order valence-electron chi connectivity index (χ2n) is 8.42. The van der Waals surface area contributed by atoms with Crippen molar-refractivity contribution in [3.63, 3.8) is 0 Å². The number of nitrogens with one attached hydrogen (secondary N) is 1. The molecule has 1 N–H and O–H groups in total. The van der Waals surface area contributed by atoms with E-state index < -0.39 is 5.60 Å². The van der Waals surface area contributed by atoms with E-state index in [4.69, 9.17) is 20.9 Å². The van der Waals surface area contributed by atoms with Crippen LogP contribution in [0.1, 0.15) is 38.4 Å². The molecular formula is C21H28ClN5O4. The Morgan fingerprint density at radius 3 is 2.48 bits per heavy atom. The normalized spacial score (nSPS) is 14.5. The molecule has 0 spiro atoms. The van der Waals surface area contributed by atoms with Gasteiger partial charge in [-0.15, -0.1) is 0 Å². The molecule has 10 heteroatoms. The first-order chi connectivity index (χ1) is 14.6. The number of anilines is 2. The minimum atomic E-state index is -0.501. The first-order valence-electron chi connectivity index (χ1n) is 10.2. The number of nitrogens with zero attached hydrogens (tertiary/aromatic N) is 4. The lowest BCUT2D eigenvalue weighted by Crippen LogP contribution is -2.50. The number of hydrogen-bond acceptors (Lipinski definition) is 7. The highest BCUT2D eigenvalue weighted by Gasteiger charge is 2.26. The summed E-state index contributed by atoms with van der Waals surface area (Å²) in [6, 6.07) is 3.68. The number of piperazine rings is 1. The Bertz CT molecular complexity index is 895. The van der Waals surface area contributed by atoms with Crippen LogP contribution < -0.4 is 10.2 Å². The Balaban J connectivity index is 1.47. The number of hydrogen-bond donors (Lipinski definition) is 1. The highest BCUT2D eigenvalue weighted by Crippen LogP contribution is 2.21. The molecule has 168 valence electrons. The maximum absolute atomic E-state index is 12.2. The first-order valence-corrected chi connectivity index (χ1v) is 10.6. The van der Waals surface area contributed by atoms with Gasteiger partial charge in [0.05, 0.1) is 17.6 Å². The first kappa shape index (κ1) is 22.9. The van der Waals surface area contributed by atoms with Gasteiger partial charge >= 0.3 is 6.09 Å². The average molecular weight is 450 g/mol. The van der Waals surface area contributed by atoms with E-state index in [2.05, 4.69) is 20.4 Å². The lowest BCUT2D eigenvalue weighted by atomic mass is 10.1. The van der Waals surface area contributed by atoms with Gasteiger partial charge in [0.15, 0.2) is 0 Å². The van der Waals surface area contributed by atoms with Gasteiger partial charge in [0, 0.05) is 38.2 Å². The van der Waals surface area contributed by atoms with E-state index in [9.17, 15) is 9.59 Å². The molecule has 0 radical (unpaired) electrons. The largest absolute Gasteiger partial charge is 0.444 e. The van der Waals surface area contributed by atoms with Crippen LogP contribution in [0.4, 0.5) is 16.3 Å². The smallest absolute Gasteiger partial charge is 0.410 e. The summed E-state index contributed by atoms with van der Waals surface area (Å²) in [7, 11) is 0. The minimum Gasteiger partial charge on any atom is -0.444 e. The van der Waals surface area contributed by atoms with E-state index in [-0.39, 0.29) is 23.6 Å². The number of aryl methyl sites for hydroxylation is 1. The summed E-state index contributed by atoms with van der Waals surface area (Å²) in [5.74, 6) is 0.317. The summed E-state index contributed by atoms with van der Waals surface area (Å²) in [6.07, 6.45) is 2.13. The van der Waals surface area contributed by atoms with Gasteiger partial charge in [-0.1, -0.05) is 5.16 Å². The Labute approximate surface area is 186 Å². The summed E-state index contributed by atoms with van der Waals surface area (Å²) < 4.78 is 10.3. The van der Waals surface area contributed by atoms with Crippen LogP contribution in [0.5, 0.6) is 0 Å². The zero-order valence-corrected chi connectivity index (χ0v) is 19.0. The quantitative estimate of drug-likeness (QED) is 0.743. The predicted octanol–water partition coefficient (Wildman–Crippen LogP) is 3.66. The molecule has 1 fully saturated rings. The van der Waals surface area contributed by atoms with Crippen molar-refractivity contribution >= 4 is 35.1 Å². The highest BCUT2D eigenvalue weighted by molar-refractivity contribution is 6.29. The molecule has 0 aromatic carbocycles. The summed E-state index contributed by atoms with van der Waals surface area (Å²) in [5.41, 5.74) is 1.87. The molecule has 2 amide bonds. The molecule has 0 unspecified atom stereocenters. The monoisotopic (exact) mass is 449 g/mol. The predicted molar refractivity (Wildman–Crippen MR) is 117 cm³/mol. The van der Waals surface area contributed by atoms with Crippen LogP contribution >= 0.6 is 11.6 Å². The van der Waals surface area contributed by atoms with Gasteiger partial charge in [-0.25, -0.2) is 9.78 Å². The van der Waals surface area contributed by atoms with E-state index in [1.54, 1.807) is 24.1 Å². The number of amides is 2. The molecule has 0 aliphatic carbocycles. The van der Waals surface area contributed by atoms with Gasteiger partial charge in [-0.2, -0.15) is 0 Å². The van der Waals surface area contributed by atoms with Crippen LogP contribution in [0, 0.1) is 6.92 Å².